The van der Waals surface area contributed by atoms with Crippen LogP contribution in [0.1, 0.15) is 27.9 Å². The lowest BCUT2D eigenvalue weighted by Gasteiger charge is -2.20. The molecule has 0 saturated carbocycles. The number of ether oxygens (including phenoxy) is 1. The molecule has 26 heavy (non-hydrogen) atoms. The van der Waals surface area contributed by atoms with Gasteiger partial charge in [-0.25, -0.2) is 0 Å². The molecule has 7 heteroatoms. The van der Waals surface area contributed by atoms with Crippen LogP contribution < -0.4 is 15.2 Å². The lowest BCUT2D eigenvalue weighted by molar-refractivity contribution is -0.308. The highest BCUT2D eigenvalue weighted by atomic mass is 16.5. The summed E-state index contributed by atoms with van der Waals surface area (Å²) in [5, 5.41) is 31.2. The first-order valence-corrected chi connectivity index (χ1v) is 7.68. The van der Waals surface area contributed by atoms with Crippen LogP contribution in [-0.4, -0.2) is 24.5 Å². The number of carboxylic acid groups (broad SMARTS) is 1. The van der Waals surface area contributed by atoms with Gasteiger partial charge in [-0.1, -0.05) is 6.07 Å². The van der Waals surface area contributed by atoms with E-state index in [2.05, 4.69) is 5.32 Å². The van der Waals surface area contributed by atoms with Gasteiger partial charge < -0.3 is 20.0 Å². The first-order valence-electron chi connectivity index (χ1n) is 7.68. The zero-order chi connectivity index (χ0) is 18.9. The van der Waals surface area contributed by atoms with E-state index in [-0.39, 0.29) is 18.6 Å². The van der Waals surface area contributed by atoms with E-state index in [1.807, 2.05) is 12.1 Å². The lowest BCUT2D eigenvalue weighted by atomic mass is 10.1. The Kier molecular flexibility index (Phi) is 6.30. The molecule has 0 heterocycles. The highest BCUT2D eigenvalue weighted by molar-refractivity contribution is 5.96. The van der Waals surface area contributed by atoms with E-state index < -0.39 is 17.9 Å². The number of carboxylic acids is 1. The van der Waals surface area contributed by atoms with Gasteiger partial charge in [-0.2, -0.15) is 10.5 Å². The maximum Gasteiger partial charge on any atom is 0.251 e. The maximum absolute atomic E-state index is 12.1. The summed E-state index contributed by atoms with van der Waals surface area (Å²) in [6.07, 6.45) is -0.0128. The van der Waals surface area contributed by atoms with Crippen LogP contribution in [0.4, 0.5) is 0 Å². The van der Waals surface area contributed by atoms with Crippen LogP contribution in [0, 0.1) is 22.7 Å². The molecule has 130 valence electrons. The second kappa shape index (κ2) is 8.86. The standard InChI is InChI=1S/C19H15N3O4/c20-11-13-4-6-15(7-5-13)18(23)22-17(19(24)25)8-9-26-16-3-1-2-14(10-16)12-21/h1-7,10,17H,8-9H2,(H,22,23)(H,24,25)/p-1. The number of amides is 1. The smallest absolute Gasteiger partial charge is 0.251 e. The molecular formula is C19H14N3O4-. The number of nitriles is 2. The van der Waals surface area contributed by atoms with Crippen LogP contribution in [0.2, 0.25) is 0 Å². The number of nitrogens with one attached hydrogen (secondary N) is 1. The van der Waals surface area contributed by atoms with Crippen molar-refractivity contribution in [1.82, 2.24) is 5.32 Å². The van der Waals surface area contributed by atoms with Gasteiger partial charge in [-0.05, 0) is 42.5 Å². The number of rotatable bonds is 7. The van der Waals surface area contributed by atoms with Crippen LogP contribution in [0.15, 0.2) is 48.5 Å². The predicted octanol–water partition coefficient (Wildman–Crippen LogP) is 0.747. The quantitative estimate of drug-likeness (QED) is 0.787. The fourth-order valence-corrected chi connectivity index (χ4v) is 2.14. The van der Waals surface area contributed by atoms with Crippen molar-refractivity contribution < 1.29 is 19.4 Å². The fourth-order valence-electron chi connectivity index (χ4n) is 2.14. The van der Waals surface area contributed by atoms with Gasteiger partial charge in [0.05, 0.1) is 41.9 Å². The summed E-state index contributed by atoms with van der Waals surface area (Å²) >= 11 is 0. The summed E-state index contributed by atoms with van der Waals surface area (Å²) in [5.41, 5.74) is 1.05. The molecule has 0 aliphatic carbocycles. The molecular weight excluding hydrogens is 334 g/mol. The molecule has 0 aliphatic heterocycles. The Hall–Kier alpha value is -3.84. The number of carbonyl (C=O) groups excluding carboxylic acids is 2. The number of hydrogen-bond donors (Lipinski definition) is 1. The third-order valence-corrected chi connectivity index (χ3v) is 3.50. The highest BCUT2D eigenvalue weighted by Crippen LogP contribution is 2.13. The molecule has 0 aliphatic rings. The van der Waals surface area contributed by atoms with E-state index in [4.69, 9.17) is 15.3 Å². The Labute approximate surface area is 150 Å². The largest absolute Gasteiger partial charge is 0.548 e. The molecule has 0 saturated heterocycles. The molecule has 0 spiro atoms. The van der Waals surface area contributed by atoms with Crippen molar-refractivity contribution in [2.24, 2.45) is 0 Å². The summed E-state index contributed by atoms with van der Waals surface area (Å²) < 4.78 is 5.42. The minimum Gasteiger partial charge on any atom is -0.548 e. The first-order chi connectivity index (χ1) is 12.5. The zero-order valence-electron chi connectivity index (χ0n) is 13.6. The number of carbonyl (C=O) groups is 2. The number of hydrogen-bond acceptors (Lipinski definition) is 6. The third-order valence-electron chi connectivity index (χ3n) is 3.50. The van der Waals surface area contributed by atoms with Gasteiger partial charge in [0, 0.05) is 12.0 Å². The average Bonchev–Trinajstić information content (AvgIpc) is 2.67. The lowest BCUT2D eigenvalue weighted by Crippen LogP contribution is -2.48. The topological polar surface area (TPSA) is 126 Å². The first kappa shape index (κ1) is 18.5. The van der Waals surface area contributed by atoms with Crippen molar-refractivity contribution in [3.8, 4) is 17.9 Å². The second-order valence-corrected chi connectivity index (χ2v) is 5.31. The van der Waals surface area contributed by atoms with Crippen molar-refractivity contribution in [2.75, 3.05) is 6.61 Å². The van der Waals surface area contributed by atoms with Crippen molar-refractivity contribution in [3.05, 3.63) is 65.2 Å². The van der Waals surface area contributed by atoms with Crippen molar-refractivity contribution in [2.45, 2.75) is 12.5 Å². The Morgan fingerprint density at radius 1 is 1.08 bits per heavy atom. The Bertz CT molecular complexity index is 879. The van der Waals surface area contributed by atoms with Gasteiger partial charge in [-0.3, -0.25) is 4.79 Å². The van der Waals surface area contributed by atoms with Crippen LogP contribution >= 0.6 is 0 Å². The minimum atomic E-state index is -1.43. The van der Waals surface area contributed by atoms with Crippen molar-refractivity contribution >= 4 is 11.9 Å². The van der Waals surface area contributed by atoms with Crippen LogP contribution in [0.3, 0.4) is 0 Å². The van der Waals surface area contributed by atoms with Crippen LogP contribution in [0.5, 0.6) is 5.75 Å². The van der Waals surface area contributed by atoms with E-state index in [0.29, 0.717) is 16.9 Å². The Morgan fingerprint density at radius 2 is 1.77 bits per heavy atom. The van der Waals surface area contributed by atoms with Gasteiger partial charge in [0.1, 0.15) is 5.75 Å². The molecule has 1 amide bonds. The zero-order valence-corrected chi connectivity index (χ0v) is 13.6. The van der Waals surface area contributed by atoms with Gasteiger partial charge in [0.25, 0.3) is 5.91 Å². The minimum absolute atomic E-state index is 0.0128. The molecule has 1 N–H and O–H groups in total. The molecule has 1 unspecified atom stereocenters. The van der Waals surface area contributed by atoms with Crippen molar-refractivity contribution in [1.29, 1.82) is 10.5 Å². The molecule has 1 atom stereocenters. The van der Waals surface area contributed by atoms with Gasteiger partial charge >= 0.3 is 0 Å². The summed E-state index contributed by atoms with van der Waals surface area (Å²) in [4.78, 5) is 23.4. The average molecular weight is 348 g/mol. The van der Waals surface area contributed by atoms with Crippen LogP contribution in [0.25, 0.3) is 0 Å². The fraction of sp³-hybridized carbons (Fsp3) is 0.158. The van der Waals surface area contributed by atoms with E-state index in [9.17, 15) is 14.7 Å². The predicted molar refractivity (Wildman–Crippen MR) is 88.7 cm³/mol. The molecule has 7 nitrogen and oxygen atoms in total. The number of nitrogens with zero attached hydrogens (tertiary/aromatic N) is 2. The summed E-state index contributed by atoms with van der Waals surface area (Å²) in [5.74, 6) is -1.59. The van der Waals surface area contributed by atoms with E-state index in [1.54, 1.807) is 18.2 Å². The highest BCUT2D eigenvalue weighted by Gasteiger charge is 2.15. The van der Waals surface area contributed by atoms with Crippen LogP contribution in [-0.2, 0) is 4.79 Å². The summed E-state index contributed by atoms with van der Waals surface area (Å²) in [6.45, 7) is 0.0151. The summed E-state index contributed by atoms with van der Waals surface area (Å²) in [7, 11) is 0. The molecule has 2 rings (SSSR count). The van der Waals surface area contributed by atoms with Gasteiger partial charge in [0.15, 0.2) is 0 Å². The molecule has 0 radical (unpaired) electrons. The molecule has 0 fully saturated rings. The van der Waals surface area contributed by atoms with E-state index in [1.165, 1.54) is 30.3 Å². The summed E-state index contributed by atoms with van der Waals surface area (Å²) in [6, 6.07) is 14.9. The second-order valence-electron chi connectivity index (χ2n) is 5.31. The van der Waals surface area contributed by atoms with Crippen molar-refractivity contribution in [3.63, 3.8) is 0 Å². The van der Waals surface area contributed by atoms with E-state index >= 15 is 0 Å². The monoisotopic (exact) mass is 348 g/mol. The number of aliphatic carboxylic acids is 1. The molecule has 0 bridgehead atoms. The third kappa shape index (κ3) is 5.08. The molecule has 2 aromatic carbocycles. The van der Waals surface area contributed by atoms with E-state index in [0.717, 1.165) is 0 Å². The molecule has 2 aromatic rings. The van der Waals surface area contributed by atoms with Gasteiger partial charge in [-0.15, -0.1) is 0 Å². The Balaban J connectivity index is 1.93. The normalized spacial score (nSPS) is 10.8. The number of benzene rings is 2. The maximum atomic E-state index is 12.1. The molecule has 0 aromatic heterocycles. The van der Waals surface area contributed by atoms with Gasteiger partial charge in [0.2, 0.25) is 0 Å². The Morgan fingerprint density at radius 3 is 2.38 bits per heavy atom. The SMILES string of the molecule is N#Cc1ccc(C(=O)NC(CCOc2cccc(C#N)c2)C(=O)[O-])cc1.